The van der Waals surface area contributed by atoms with Crippen LogP contribution in [0.15, 0.2) is 0 Å². The fourth-order valence-corrected chi connectivity index (χ4v) is 2.25. The highest BCUT2D eigenvalue weighted by Crippen LogP contribution is 2.37. The molecule has 90 valence electrons. The van der Waals surface area contributed by atoms with Crippen LogP contribution in [0.2, 0.25) is 0 Å². The third-order valence-electron chi connectivity index (χ3n) is 3.22. The van der Waals surface area contributed by atoms with Crippen molar-refractivity contribution in [1.82, 2.24) is 5.32 Å². The van der Waals surface area contributed by atoms with Crippen molar-refractivity contribution in [3.8, 4) is 0 Å². The van der Waals surface area contributed by atoms with Gasteiger partial charge in [0.05, 0.1) is 6.10 Å². The first-order valence-corrected chi connectivity index (χ1v) is 6.28. The minimum Gasteiger partial charge on any atom is -0.376 e. The molecule has 0 aromatic heterocycles. The van der Waals surface area contributed by atoms with Crippen LogP contribution in [0.25, 0.3) is 0 Å². The van der Waals surface area contributed by atoms with Gasteiger partial charge in [0.15, 0.2) is 0 Å². The van der Waals surface area contributed by atoms with Gasteiger partial charge in [-0.05, 0) is 31.7 Å². The third kappa shape index (κ3) is 4.12. The van der Waals surface area contributed by atoms with Crippen molar-refractivity contribution in [3.05, 3.63) is 0 Å². The van der Waals surface area contributed by atoms with E-state index in [0.717, 1.165) is 12.5 Å². The molecule has 0 radical (unpaired) electrons. The minimum absolute atomic E-state index is 0.221. The van der Waals surface area contributed by atoms with Gasteiger partial charge in [0.1, 0.15) is 0 Å². The summed E-state index contributed by atoms with van der Waals surface area (Å²) in [6, 6.07) is 0.512. The summed E-state index contributed by atoms with van der Waals surface area (Å²) in [6.45, 7) is 9.70. The lowest BCUT2D eigenvalue weighted by atomic mass is 9.82. The Labute approximate surface area is 94.8 Å². The van der Waals surface area contributed by atoms with E-state index in [2.05, 4.69) is 40.1 Å². The zero-order chi connectivity index (χ0) is 11.5. The number of hydrogen-bond acceptors (Lipinski definition) is 2. The molecule has 15 heavy (non-hydrogen) atoms. The highest BCUT2D eigenvalue weighted by molar-refractivity contribution is 4.89. The molecule has 0 bridgehead atoms. The molecule has 0 aromatic carbocycles. The molecule has 1 aliphatic carbocycles. The molecule has 0 saturated heterocycles. The van der Waals surface area contributed by atoms with Crippen molar-refractivity contribution in [2.75, 3.05) is 13.7 Å². The molecule has 1 fully saturated rings. The molecule has 2 unspecified atom stereocenters. The van der Waals surface area contributed by atoms with E-state index in [0.29, 0.717) is 12.1 Å². The maximum atomic E-state index is 5.93. The zero-order valence-electron chi connectivity index (χ0n) is 11.0. The van der Waals surface area contributed by atoms with E-state index in [9.17, 15) is 0 Å². The lowest BCUT2D eigenvalue weighted by molar-refractivity contribution is -0.0369. The Morgan fingerprint density at radius 3 is 2.27 bits per heavy atom. The molecule has 2 atom stereocenters. The smallest absolute Gasteiger partial charge is 0.0775 e. The van der Waals surface area contributed by atoms with E-state index in [1.54, 1.807) is 0 Å². The van der Waals surface area contributed by atoms with E-state index >= 15 is 0 Å². The summed E-state index contributed by atoms with van der Waals surface area (Å²) in [5, 5.41) is 3.44. The van der Waals surface area contributed by atoms with Gasteiger partial charge in [0.2, 0.25) is 0 Å². The van der Waals surface area contributed by atoms with E-state index < -0.39 is 0 Å². The zero-order valence-corrected chi connectivity index (χ0v) is 11.0. The van der Waals surface area contributed by atoms with Crippen molar-refractivity contribution < 1.29 is 4.74 Å². The molecule has 0 aromatic rings. The summed E-state index contributed by atoms with van der Waals surface area (Å²) in [7, 11) is 2.06. The maximum Gasteiger partial charge on any atom is 0.0775 e. The van der Waals surface area contributed by atoms with Gasteiger partial charge in [-0.1, -0.05) is 33.6 Å². The summed E-state index contributed by atoms with van der Waals surface area (Å²) in [5.74, 6) is 0.952. The standard InChI is InChI=1S/C13H27NO/c1-6-15-12(13(2,3)4)11(14-5)9-10-7-8-10/h10-12,14H,6-9H2,1-5H3. The SMILES string of the molecule is CCOC(C(CC1CC1)NC)C(C)(C)C. The highest BCUT2D eigenvalue weighted by atomic mass is 16.5. The Hall–Kier alpha value is -0.0800. The topological polar surface area (TPSA) is 21.3 Å². The number of hydrogen-bond donors (Lipinski definition) is 1. The average Bonchev–Trinajstić information content (AvgIpc) is 2.93. The van der Waals surface area contributed by atoms with Crippen LogP contribution in [0.3, 0.4) is 0 Å². The second kappa shape index (κ2) is 5.31. The van der Waals surface area contributed by atoms with E-state index in [4.69, 9.17) is 4.74 Å². The molecule has 0 spiro atoms. The van der Waals surface area contributed by atoms with Gasteiger partial charge < -0.3 is 10.1 Å². The van der Waals surface area contributed by atoms with Gasteiger partial charge in [-0.25, -0.2) is 0 Å². The molecule has 0 amide bonds. The molecule has 1 rings (SSSR count). The van der Waals surface area contributed by atoms with Crippen LogP contribution < -0.4 is 5.32 Å². The lowest BCUT2D eigenvalue weighted by Gasteiger charge is -2.36. The second-order valence-corrected chi connectivity index (χ2v) is 5.82. The monoisotopic (exact) mass is 213 g/mol. The van der Waals surface area contributed by atoms with Crippen LogP contribution in [0.5, 0.6) is 0 Å². The molecule has 2 heteroatoms. The van der Waals surface area contributed by atoms with Crippen LogP contribution in [0.1, 0.15) is 47.0 Å². The van der Waals surface area contributed by atoms with E-state index in [1.807, 2.05) is 0 Å². The Morgan fingerprint density at radius 2 is 1.93 bits per heavy atom. The number of nitrogens with one attached hydrogen (secondary N) is 1. The van der Waals surface area contributed by atoms with Crippen LogP contribution >= 0.6 is 0 Å². The number of rotatable bonds is 6. The summed E-state index contributed by atoms with van der Waals surface area (Å²) >= 11 is 0. The van der Waals surface area contributed by atoms with Gasteiger partial charge in [0.25, 0.3) is 0 Å². The van der Waals surface area contributed by atoms with Crippen molar-refractivity contribution in [2.45, 2.75) is 59.1 Å². The van der Waals surface area contributed by atoms with Crippen LogP contribution in [0, 0.1) is 11.3 Å². The van der Waals surface area contributed by atoms with Crippen molar-refractivity contribution >= 4 is 0 Å². The summed E-state index contributed by atoms with van der Waals surface area (Å²) in [5.41, 5.74) is 0.221. The van der Waals surface area contributed by atoms with Gasteiger partial charge in [-0.3, -0.25) is 0 Å². The molecule has 2 nitrogen and oxygen atoms in total. The van der Waals surface area contributed by atoms with Gasteiger partial charge in [-0.2, -0.15) is 0 Å². The molecular weight excluding hydrogens is 186 g/mol. The lowest BCUT2D eigenvalue weighted by Crippen LogP contribution is -2.47. The largest absolute Gasteiger partial charge is 0.376 e. The van der Waals surface area contributed by atoms with Gasteiger partial charge >= 0.3 is 0 Å². The normalized spacial score (nSPS) is 21.4. The summed E-state index contributed by atoms with van der Waals surface area (Å²) in [4.78, 5) is 0. The second-order valence-electron chi connectivity index (χ2n) is 5.82. The summed E-state index contributed by atoms with van der Waals surface area (Å²) in [6.07, 6.45) is 4.44. The third-order valence-corrected chi connectivity index (χ3v) is 3.22. The average molecular weight is 213 g/mol. The van der Waals surface area contributed by atoms with Gasteiger partial charge in [0, 0.05) is 12.6 Å². The Morgan fingerprint density at radius 1 is 1.33 bits per heavy atom. The quantitative estimate of drug-likeness (QED) is 0.732. The van der Waals surface area contributed by atoms with E-state index in [-0.39, 0.29) is 5.41 Å². The predicted octanol–water partition coefficient (Wildman–Crippen LogP) is 2.83. The molecule has 1 saturated carbocycles. The van der Waals surface area contributed by atoms with Crippen molar-refractivity contribution in [2.24, 2.45) is 11.3 Å². The Balaban J connectivity index is 2.56. The fraction of sp³-hybridized carbons (Fsp3) is 1.00. The first-order valence-electron chi connectivity index (χ1n) is 6.28. The maximum absolute atomic E-state index is 5.93. The fourth-order valence-electron chi connectivity index (χ4n) is 2.25. The number of ether oxygens (including phenoxy) is 1. The van der Waals surface area contributed by atoms with Crippen molar-refractivity contribution in [3.63, 3.8) is 0 Å². The van der Waals surface area contributed by atoms with Crippen LogP contribution in [-0.4, -0.2) is 25.8 Å². The molecule has 1 N–H and O–H groups in total. The molecule has 1 aliphatic rings. The highest BCUT2D eigenvalue weighted by Gasteiger charge is 2.35. The predicted molar refractivity (Wildman–Crippen MR) is 65.1 cm³/mol. The Bertz CT molecular complexity index is 181. The Kier molecular flexibility index (Phi) is 4.60. The number of likely N-dealkylation sites (N-methyl/N-ethyl adjacent to an activating group) is 1. The molecule has 0 aliphatic heterocycles. The first kappa shape index (κ1) is 13.0. The van der Waals surface area contributed by atoms with Crippen LogP contribution in [0.4, 0.5) is 0 Å². The molecule has 0 heterocycles. The first-order chi connectivity index (χ1) is 6.99. The molecular formula is C13H27NO. The van der Waals surface area contributed by atoms with Crippen molar-refractivity contribution in [1.29, 1.82) is 0 Å². The summed E-state index contributed by atoms with van der Waals surface area (Å²) < 4.78 is 5.93. The minimum atomic E-state index is 0.221. The van der Waals surface area contributed by atoms with E-state index in [1.165, 1.54) is 19.3 Å². The van der Waals surface area contributed by atoms with Crippen LogP contribution in [-0.2, 0) is 4.74 Å². The van der Waals surface area contributed by atoms with Gasteiger partial charge in [-0.15, -0.1) is 0 Å².